The van der Waals surface area contributed by atoms with E-state index in [1.165, 1.54) is 0 Å². The molecule has 1 fully saturated rings. The van der Waals surface area contributed by atoms with Gasteiger partial charge >= 0.3 is 0 Å². The quantitative estimate of drug-likeness (QED) is 0.390. The van der Waals surface area contributed by atoms with Crippen LogP contribution in [0.15, 0.2) is 0 Å². The van der Waals surface area contributed by atoms with Crippen LogP contribution in [0.1, 0.15) is 6.92 Å². The first-order valence-corrected chi connectivity index (χ1v) is 3.28. The summed E-state index contributed by atoms with van der Waals surface area (Å²) in [5, 5.41) is 27.0. The first-order chi connectivity index (χ1) is 4.63. The van der Waals surface area contributed by atoms with Gasteiger partial charge in [0.2, 0.25) is 0 Å². The van der Waals surface area contributed by atoms with E-state index in [-0.39, 0.29) is 6.61 Å². The van der Waals surface area contributed by atoms with Crippen LogP contribution in [0, 0.1) is 0 Å². The molecule has 3 N–H and O–H groups in total. The van der Waals surface area contributed by atoms with Crippen LogP contribution >= 0.6 is 0 Å². The topological polar surface area (TPSA) is 69.9 Å². The zero-order valence-electron chi connectivity index (χ0n) is 5.77. The molecule has 0 radical (unpaired) electrons. The van der Waals surface area contributed by atoms with Gasteiger partial charge in [-0.2, -0.15) is 0 Å². The van der Waals surface area contributed by atoms with Crippen molar-refractivity contribution in [1.29, 1.82) is 0 Å². The van der Waals surface area contributed by atoms with E-state index in [2.05, 4.69) is 0 Å². The van der Waals surface area contributed by atoms with Gasteiger partial charge in [-0.25, -0.2) is 0 Å². The van der Waals surface area contributed by atoms with Crippen molar-refractivity contribution >= 4 is 0 Å². The first kappa shape index (κ1) is 7.94. The number of aliphatic hydroxyl groups is 3. The van der Waals surface area contributed by atoms with Gasteiger partial charge in [-0.1, -0.05) is 0 Å². The Morgan fingerprint density at radius 1 is 1.20 bits per heavy atom. The van der Waals surface area contributed by atoms with Crippen LogP contribution in [0.3, 0.4) is 0 Å². The van der Waals surface area contributed by atoms with Crippen molar-refractivity contribution in [2.75, 3.05) is 6.61 Å². The average Bonchev–Trinajstić information content (AvgIpc) is 1.93. The smallest absolute Gasteiger partial charge is 0.110 e. The molecule has 4 heteroatoms. The Morgan fingerprint density at radius 3 is 2.30 bits per heavy atom. The van der Waals surface area contributed by atoms with Crippen LogP contribution in [0.5, 0.6) is 0 Å². The van der Waals surface area contributed by atoms with Gasteiger partial charge in [0.25, 0.3) is 0 Å². The lowest BCUT2D eigenvalue weighted by Gasteiger charge is -2.33. The fourth-order valence-corrected chi connectivity index (χ4v) is 0.953. The third-order valence-electron chi connectivity index (χ3n) is 1.75. The summed E-state index contributed by atoms with van der Waals surface area (Å²) < 4.78 is 4.91. The second-order valence-electron chi connectivity index (χ2n) is 2.59. The summed E-state index contributed by atoms with van der Waals surface area (Å²) in [6.45, 7) is 1.75. The van der Waals surface area contributed by atoms with E-state index in [9.17, 15) is 0 Å². The highest BCUT2D eigenvalue weighted by molar-refractivity contribution is 4.83. The number of ether oxygens (including phenoxy) is 1. The van der Waals surface area contributed by atoms with Gasteiger partial charge in [-0.05, 0) is 6.92 Å². The maximum Gasteiger partial charge on any atom is 0.110 e. The number of aliphatic hydroxyl groups excluding tert-OH is 3. The van der Waals surface area contributed by atoms with Crippen molar-refractivity contribution in [3.63, 3.8) is 0 Å². The summed E-state index contributed by atoms with van der Waals surface area (Å²) in [7, 11) is 0. The third-order valence-corrected chi connectivity index (χ3v) is 1.75. The molecule has 10 heavy (non-hydrogen) atoms. The van der Waals surface area contributed by atoms with Crippen molar-refractivity contribution in [1.82, 2.24) is 0 Å². The summed E-state index contributed by atoms with van der Waals surface area (Å²) in [5.41, 5.74) is 0. The van der Waals surface area contributed by atoms with Crippen molar-refractivity contribution in [2.24, 2.45) is 0 Å². The zero-order valence-corrected chi connectivity index (χ0v) is 5.77. The molecule has 1 aliphatic rings. The van der Waals surface area contributed by atoms with Crippen molar-refractivity contribution in [3.8, 4) is 0 Å². The van der Waals surface area contributed by atoms with Crippen LogP contribution in [0.25, 0.3) is 0 Å². The molecule has 0 aromatic heterocycles. The molecule has 1 saturated heterocycles. The van der Waals surface area contributed by atoms with Crippen molar-refractivity contribution < 1.29 is 20.1 Å². The minimum atomic E-state index is -1.07. The lowest BCUT2D eigenvalue weighted by atomic mass is 10.0. The van der Waals surface area contributed by atoms with E-state index in [0.717, 1.165) is 0 Å². The van der Waals surface area contributed by atoms with E-state index in [1.54, 1.807) is 6.92 Å². The van der Waals surface area contributed by atoms with Gasteiger partial charge < -0.3 is 20.1 Å². The molecule has 1 rings (SSSR count). The predicted molar refractivity (Wildman–Crippen MR) is 33.4 cm³/mol. The first-order valence-electron chi connectivity index (χ1n) is 3.28. The van der Waals surface area contributed by atoms with Crippen LogP contribution < -0.4 is 0 Å². The molecule has 0 aromatic rings. The molecule has 1 heterocycles. The fraction of sp³-hybridized carbons (Fsp3) is 1.00. The Balaban J connectivity index is 2.52. The highest BCUT2D eigenvalue weighted by Gasteiger charge is 2.34. The Bertz CT molecular complexity index is 102. The van der Waals surface area contributed by atoms with Crippen LogP contribution in [-0.4, -0.2) is 46.3 Å². The monoisotopic (exact) mass is 148 g/mol. The molecular formula is C6H12O4. The maximum atomic E-state index is 9.08. The molecular weight excluding hydrogens is 136 g/mol. The Hall–Kier alpha value is -0.160. The van der Waals surface area contributed by atoms with Gasteiger partial charge in [-0.15, -0.1) is 0 Å². The summed E-state index contributed by atoms with van der Waals surface area (Å²) in [4.78, 5) is 0. The van der Waals surface area contributed by atoms with E-state index >= 15 is 0 Å². The average molecular weight is 148 g/mol. The molecule has 1 aliphatic heterocycles. The van der Waals surface area contributed by atoms with Crippen molar-refractivity contribution in [2.45, 2.75) is 31.3 Å². The van der Waals surface area contributed by atoms with E-state index in [1.807, 2.05) is 0 Å². The third kappa shape index (κ3) is 1.29. The summed E-state index contributed by atoms with van der Waals surface area (Å²) in [6.07, 6.45) is -3.38. The Morgan fingerprint density at radius 2 is 1.80 bits per heavy atom. The molecule has 0 bridgehead atoms. The van der Waals surface area contributed by atoms with E-state index < -0.39 is 24.4 Å². The Labute approximate surface area is 59.1 Å². The molecule has 0 spiro atoms. The SMILES string of the molecule is CC1OC[C@@H](O)[C@H](O)[C@@H]1O. The lowest BCUT2D eigenvalue weighted by molar-refractivity contribution is -0.181. The highest BCUT2D eigenvalue weighted by atomic mass is 16.5. The fourth-order valence-electron chi connectivity index (χ4n) is 0.953. The summed E-state index contributed by atoms with van der Waals surface area (Å²) in [6, 6.07) is 0. The highest BCUT2D eigenvalue weighted by Crippen LogP contribution is 2.14. The number of hydrogen-bond donors (Lipinski definition) is 3. The molecule has 60 valence electrons. The predicted octanol–water partition coefficient (Wildman–Crippen LogP) is -1.51. The van der Waals surface area contributed by atoms with Crippen LogP contribution in [0.2, 0.25) is 0 Å². The molecule has 0 aliphatic carbocycles. The number of rotatable bonds is 0. The van der Waals surface area contributed by atoms with E-state index in [4.69, 9.17) is 20.1 Å². The lowest BCUT2D eigenvalue weighted by Crippen LogP contribution is -2.51. The van der Waals surface area contributed by atoms with Crippen LogP contribution in [-0.2, 0) is 4.74 Å². The normalized spacial score (nSPS) is 49.2. The second-order valence-corrected chi connectivity index (χ2v) is 2.59. The van der Waals surface area contributed by atoms with Crippen LogP contribution in [0.4, 0.5) is 0 Å². The Kier molecular flexibility index (Phi) is 2.25. The summed E-state index contributed by atoms with van der Waals surface area (Å²) >= 11 is 0. The van der Waals surface area contributed by atoms with Gasteiger partial charge in [0, 0.05) is 0 Å². The molecule has 4 atom stereocenters. The van der Waals surface area contributed by atoms with E-state index in [0.29, 0.717) is 0 Å². The minimum absolute atomic E-state index is 0.0966. The van der Waals surface area contributed by atoms with Gasteiger partial charge in [0.1, 0.15) is 18.3 Å². The number of hydrogen-bond acceptors (Lipinski definition) is 4. The molecule has 0 aromatic carbocycles. The summed E-state index contributed by atoms with van der Waals surface area (Å²) in [5.74, 6) is 0. The molecule has 4 nitrogen and oxygen atoms in total. The minimum Gasteiger partial charge on any atom is -0.388 e. The largest absolute Gasteiger partial charge is 0.388 e. The van der Waals surface area contributed by atoms with Gasteiger partial charge in [0.05, 0.1) is 12.7 Å². The molecule has 1 unspecified atom stereocenters. The zero-order chi connectivity index (χ0) is 7.72. The molecule has 0 saturated carbocycles. The standard InChI is InChI=1S/C6H12O4/c1-3-5(8)6(9)4(7)2-10-3/h3-9H,2H2,1H3/t3?,4-,5-,6+/m1/s1. The second kappa shape index (κ2) is 2.84. The maximum absolute atomic E-state index is 9.08. The molecule has 0 amide bonds. The van der Waals surface area contributed by atoms with Crippen molar-refractivity contribution in [3.05, 3.63) is 0 Å². The van der Waals surface area contributed by atoms with Gasteiger partial charge in [-0.3, -0.25) is 0 Å². The van der Waals surface area contributed by atoms with Gasteiger partial charge in [0.15, 0.2) is 0 Å².